The molecule has 0 atom stereocenters. The highest BCUT2D eigenvalue weighted by atomic mass is 32.2. The SMILES string of the molecule is CCc1ccccc1OCCNS(=O)(=O)c1c(C)noc1C. The molecular formula is C15H20N2O4S. The molecule has 0 amide bonds. The molecule has 0 fully saturated rings. The fourth-order valence-corrected chi connectivity index (χ4v) is 3.54. The molecule has 0 aliphatic rings. The number of rotatable bonds is 7. The Morgan fingerprint density at radius 2 is 2.00 bits per heavy atom. The average Bonchev–Trinajstić information content (AvgIpc) is 2.84. The second-order valence-electron chi connectivity index (χ2n) is 4.86. The normalized spacial score (nSPS) is 11.6. The molecule has 22 heavy (non-hydrogen) atoms. The number of hydrogen-bond acceptors (Lipinski definition) is 5. The van der Waals surface area contributed by atoms with Crippen LogP contribution in [0.5, 0.6) is 5.75 Å². The van der Waals surface area contributed by atoms with Crippen molar-refractivity contribution in [3.8, 4) is 5.75 Å². The van der Waals surface area contributed by atoms with Gasteiger partial charge in [-0.1, -0.05) is 30.3 Å². The molecule has 120 valence electrons. The Morgan fingerprint density at radius 3 is 2.64 bits per heavy atom. The first-order chi connectivity index (χ1) is 10.5. The average molecular weight is 324 g/mol. The van der Waals surface area contributed by atoms with E-state index in [0.717, 1.165) is 17.7 Å². The third-order valence-corrected chi connectivity index (χ3v) is 4.95. The van der Waals surface area contributed by atoms with Crippen LogP contribution in [0.25, 0.3) is 0 Å². The first kappa shape index (κ1) is 16.5. The van der Waals surface area contributed by atoms with Crippen LogP contribution in [0.2, 0.25) is 0 Å². The van der Waals surface area contributed by atoms with Gasteiger partial charge in [-0.3, -0.25) is 0 Å². The minimum atomic E-state index is -3.63. The predicted octanol–water partition coefficient (Wildman–Crippen LogP) is 2.21. The number of benzene rings is 1. The summed E-state index contributed by atoms with van der Waals surface area (Å²) in [6.07, 6.45) is 0.862. The van der Waals surface area contributed by atoms with Crippen LogP contribution in [0, 0.1) is 13.8 Å². The number of hydrogen-bond donors (Lipinski definition) is 1. The number of aryl methyl sites for hydroxylation is 3. The molecule has 7 heteroatoms. The summed E-state index contributed by atoms with van der Waals surface area (Å²) in [5.41, 5.74) is 1.44. The number of para-hydroxylation sites is 1. The van der Waals surface area contributed by atoms with Crippen molar-refractivity contribution >= 4 is 10.0 Å². The fraction of sp³-hybridized carbons (Fsp3) is 0.400. The molecule has 0 spiro atoms. The van der Waals surface area contributed by atoms with Gasteiger partial charge in [0.1, 0.15) is 22.9 Å². The van der Waals surface area contributed by atoms with Gasteiger partial charge in [-0.15, -0.1) is 0 Å². The summed E-state index contributed by atoms with van der Waals surface area (Å²) in [4.78, 5) is 0.0986. The lowest BCUT2D eigenvalue weighted by Crippen LogP contribution is -2.29. The number of nitrogens with one attached hydrogen (secondary N) is 1. The van der Waals surface area contributed by atoms with Crippen LogP contribution in [0.1, 0.15) is 23.9 Å². The lowest BCUT2D eigenvalue weighted by molar-refractivity contribution is 0.319. The zero-order chi connectivity index (χ0) is 16.2. The van der Waals surface area contributed by atoms with Gasteiger partial charge in [-0.05, 0) is 31.9 Å². The van der Waals surface area contributed by atoms with Gasteiger partial charge >= 0.3 is 0 Å². The van der Waals surface area contributed by atoms with Crippen molar-refractivity contribution in [2.24, 2.45) is 0 Å². The first-order valence-corrected chi connectivity index (χ1v) is 8.57. The topological polar surface area (TPSA) is 81.4 Å². The van der Waals surface area contributed by atoms with Crippen LogP contribution in [-0.4, -0.2) is 26.7 Å². The lowest BCUT2D eigenvalue weighted by atomic mass is 10.1. The number of ether oxygens (including phenoxy) is 1. The van der Waals surface area contributed by atoms with Crippen LogP contribution in [-0.2, 0) is 16.4 Å². The van der Waals surface area contributed by atoms with E-state index >= 15 is 0 Å². The van der Waals surface area contributed by atoms with Crippen LogP contribution >= 0.6 is 0 Å². The van der Waals surface area contributed by atoms with Crippen molar-refractivity contribution in [2.45, 2.75) is 32.1 Å². The maximum atomic E-state index is 12.2. The van der Waals surface area contributed by atoms with Crippen LogP contribution in [0.15, 0.2) is 33.7 Å². The van der Waals surface area contributed by atoms with Crippen molar-refractivity contribution in [3.63, 3.8) is 0 Å². The van der Waals surface area contributed by atoms with E-state index < -0.39 is 10.0 Å². The number of aromatic nitrogens is 1. The summed E-state index contributed by atoms with van der Waals surface area (Å²) in [5, 5.41) is 3.66. The molecule has 0 unspecified atom stereocenters. The van der Waals surface area contributed by atoms with Crippen LogP contribution in [0.4, 0.5) is 0 Å². The molecule has 0 aliphatic carbocycles. The Morgan fingerprint density at radius 1 is 1.27 bits per heavy atom. The third-order valence-electron chi connectivity index (χ3n) is 3.24. The molecule has 1 heterocycles. The predicted molar refractivity (Wildman–Crippen MR) is 82.5 cm³/mol. The maximum Gasteiger partial charge on any atom is 0.246 e. The highest BCUT2D eigenvalue weighted by Gasteiger charge is 2.23. The summed E-state index contributed by atoms with van der Waals surface area (Å²) < 4.78 is 37.4. The monoisotopic (exact) mass is 324 g/mol. The highest BCUT2D eigenvalue weighted by Crippen LogP contribution is 2.19. The zero-order valence-electron chi connectivity index (χ0n) is 12.9. The van der Waals surface area contributed by atoms with E-state index in [2.05, 4.69) is 9.88 Å². The standard InChI is InChI=1S/C15H20N2O4S/c1-4-13-7-5-6-8-14(13)20-10-9-16-22(18,19)15-11(2)17-21-12(15)3/h5-8,16H,4,9-10H2,1-3H3. The van der Waals surface area contributed by atoms with Crippen LogP contribution < -0.4 is 9.46 Å². The smallest absolute Gasteiger partial charge is 0.246 e. The minimum Gasteiger partial charge on any atom is -0.492 e. The van der Waals surface area contributed by atoms with Crippen molar-refractivity contribution in [1.82, 2.24) is 9.88 Å². The zero-order valence-corrected chi connectivity index (χ0v) is 13.7. The molecule has 0 bridgehead atoms. The fourth-order valence-electron chi connectivity index (χ4n) is 2.20. The third kappa shape index (κ3) is 3.66. The van der Waals surface area contributed by atoms with Gasteiger partial charge in [0.25, 0.3) is 0 Å². The Balaban J connectivity index is 1.94. The minimum absolute atomic E-state index is 0.0986. The van der Waals surface area contributed by atoms with Gasteiger partial charge in [0.2, 0.25) is 10.0 Å². The van der Waals surface area contributed by atoms with Gasteiger partial charge in [0.05, 0.1) is 0 Å². The summed E-state index contributed by atoms with van der Waals surface area (Å²) in [6, 6.07) is 7.71. The molecule has 0 saturated carbocycles. The molecule has 1 aromatic heterocycles. The second-order valence-corrected chi connectivity index (χ2v) is 6.56. The Labute approximate surface area is 130 Å². The Bertz CT molecular complexity index is 718. The van der Waals surface area contributed by atoms with Crippen molar-refractivity contribution in [3.05, 3.63) is 41.3 Å². The van der Waals surface area contributed by atoms with Gasteiger partial charge < -0.3 is 9.26 Å². The van der Waals surface area contributed by atoms with E-state index in [1.807, 2.05) is 31.2 Å². The van der Waals surface area contributed by atoms with E-state index in [0.29, 0.717) is 5.69 Å². The van der Waals surface area contributed by atoms with E-state index in [1.165, 1.54) is 0 Å². The number of nitrogens with zero attached hydrogens (tertiary/aromatic N) is 1. The molecule has 0 saturated heterocycles. The molecule has 0 radical (unpaired) electrons. The first-order valence-electron chi connectivity index (χ1n) is 7.09. The van der Waals surface area contributed by atoms with E-state index in [1.54, 1.807) is 13.8 Å². The van der Waals surface area contributed by atoms with Gasteiger partial charge in [0, 0.05) is 6.54 Å². The molecule has 1 aromatic carbocycles. The largest absolute Gasteiger partial charge is 0.492 e. The van der Waals surface area contributed by atoms with Gasteiger partial charge in [0.15, 0.2) is 5.76 Å². The van der Waals surface area contributed by atoms with Gasteiger partial charge in [-0.25, -0.2) is 13.1 Å². The summed E-state index contributed by atoms with van der Waals surface area (Å²) >= 11 is 0. The lowest BCUT2D eigenvalue weighted by Gasteiger charge is -2.11. The highest BCUT2D eigenvalue weighted by molar-refractivity contribution is 7.89. The quantitative estimate of drug-likeness (QED) is 0.790. The van der Waals surface area contributed by atoms with Crippen molar-refractivity contribution in [2.75, 3.05) is 13.2 Å². The molecular weight excluding hydrogens is 304 g/mol. The maximum absolute atomic E-state index is 12.2. The van der Waals surface area contributed by atoms with Gasteiger partial charge in [-0.2, -0.15) is 0 Å². The molecule has 6 nitrogen and oxygen atoms in total. The van der Waals surface area contributed by atoms with E-state index in [9.17, 15) is 8.42 Å². The Hall–Kier alpha value is -1.86. The van der Waals surface area contributed by atoms with E-state index in [-0.39, 0.29) is 23.8 Å². The molecule has 0 aliphatic heterocycles. The van der Waals surface area contributed by atoms with E-state index in [4.69, 9.17) is 9.26 Å². The Kier molecular flexibility index (Phi) is 5.20. The molecule has 1 N–H and O–H groups in total. The number of sulfonamides is 1. The summed E-state index contributed by atoms with van der Waals surface area (Å²) in [6.45, 7) is 5.63. The molecule has 2 aromatic rings. The summed E-state index contributed by atoms with van der Waals surface area (Å²) in [5.74, 6) is 1.06. The molecule has 2 rings (SSSR count). The van der Waals surface area contributed by atoms with Crippen LogP contribution in [0.3, 0.4) is 0 Å². The second kappa shape index (κ2) is 6.93. The summed E-state index contributed by atoms with van der Waals surface area (Å²) in [7, 11) is -3.63. The van der Waals surface area contributed by atoms with Crippen molar-refractivity contribution < 1.29 is 17.7 Å². The van der Waals surface area contributed by atoms with Crippen molar-refractivity contribution in [1.29, 1.82) is 0 Å².